The van der Waals surface area contributed by atoms with Crippen LogP contribution in [-0.2, 0) is 38.4 Å². The molecule has 4 unspecified atom stereocenters. The summed E-state index contributed by atoms with van der Waals surface area (Å²) in [4.78, 5) is 70.6. The van der Waals surface area contributed by atoms with Gasteiger partial charge in [-0.25, -0.2) is 14.8 Å². The SMILES string of the molecule is NC(Cc1cnc[nH]1)C(=O)NC(Cc1cnc[nH]1)C(=O)N1CCCC1C(=O)NC(Cc1c[nH]c2ccccc12)C(=O)O. The van der Waals surface area contributed by atoms with Crippen LogP contribution in [0.25, 0.3) is 10.9 Å². The molecular weight excluding hydrogens is 542 g/mol. The Morgan fingerprint density at radius 3 is 2.38 bits per heavy atom. The van der Waals surface area contributed by atoms with Crippen molar-refractivity contribution in [3.8, 4) is 0 Å². The van der Waals surface area contributed by atoms with E-state index in [1.807, 2.05) is 24.3 Å². The minimum absolute atomic E-state index is 0.0679. The summed E-state index contributed by atoms with van der Waals surface area (Å²) >= 11 is 0. The van der Waals surface area contributed by atoms with Gasteiger partial charge in [-0.3, -0.25) is 14.4 Å². The number of aromatic nitrogens is 5. The van der Waals surface area contributed by atoms with Gasteiger partial charge in [-0.15, -0.1) is 0 Å². The summed E-state index contributed by atoms with van der Waals surface area (Å²) in [7, 11) is 0. The van der Waals surface area contributed by atoms with E-state index in [2.05, 4.69) is 35.6 Å². The average molecular weight is 576 g/mol. The van der Waals surface area contributed by atoms with Crippen molar-refractivity contribution in [2.75, 3.05) is 6.54 Å². The van der Waals surface area contributed by atoms with E-state index in [-0.39, 0.29) is 25.8 Å². The summed E-state index contributed by atoms with van der Waals surface area (Å²) in [6.45, 7) is 0.284. The van der Waals surface area contributed by atoms with Gasteiger partial charge in [-0.1, -0.05) is 18.2 Å². The van der Waals surface area contributed by atoms with Gasteiger partial charge >= 0.3 is 5.97 Å². The Morgan fingerprint density at radius 2 is 1.69 bits per heavy atom. The van der Waals surface area contributed by atoms with E-state index in [4.69, 9.17) is 5.73 Å². The van der Waals surface area contributed by atoms with Crippen LogP contribution in [0.5, 0.6) is 0 Å². The second-order valence-corrected chi connectivity index (χ2v) is 10.4. The number of aliphatic carboxylic acids is 1. The van der Waals surface area contributed by atoms with Crippen molar-refractivity contribution < 1.29 is 24.3 Å². The van der Waals surface area contributed by atoms with Gasteiger partial charge in [0.25, 0.3) is 0 Å². The number of carboxylic acids is 1. The van der Waals surface area contributed by atoms with Gasteiger partial charge in [0.1, 0.15) is 18.1 Å². The zero-order chi connectivity index (χ0) is 29.6. The van der Waals surface area contributed by atoms with Crippen molar-refractivity contribution in [3.63, 3.8) is 0 Å². The molecule has 1 aliphatic rings. The number of para-hydroxylation sites is 1. The fraction of sp³-hybridized carbons (Fsp3) is 0.357. The first-order valence-corrected chi connectivity index (χ1v) is 13.7. The van der Waals surface area contributed by atoms with Crippen LogP contribution in [0.1, 0.15) is 29.8 Å². The molecule has 0 aliphatic carbocycles. The summed E-state index contributed by atoms with van der Waals surface area (Å²) in [6.07, 6.45) is 9.08. The smallest absolute Gasteiger partial charge is 0.326 e. The highest BCUT2D eigenvalue weighted by Crippen LogP contribution is 2.22. The van der Waals surface area contributed by atoms with Crippen LogP contribution in [0.2, 0.25) is 0 Å². The molecule has 1 aromatic carbocycles. The topological polar surface area (TPSA) is 215 Å². The number of amides is 3. The molecule has 1 aliphatic heterocycles. The Kier molecular flexibility index (Phi) is 8.62. The summed E-state index contributed by atoms with van der Waals surface area (Å²) in [5.41, 5.74) is 9.01. The van der Waals surface area contributed by atoms with Crippen LogP contribution >= 0.6 is 0 Å². The molecule has 5 rings (SSSR count). The number of imidazole rings is 2. The molecule has 4 atom stereocenters. The van der Waals surface area contributed by atoms with E-state index in [9.17, 15) is 24.3 Å². The summed E-state index contributed by atoms with van der Waals surface area (Å²) in [6, 6.07) is 3.45. The number of fused-ring (bicyclic) bond motifs is 1. The van der Waals surface area contributed by atoms with Crippen molar-refractivity contribution in [2.24, 2.45) is 5.73 Å². The van der Waals surface area contributed by atoms with Crippen molar-refractivity contribution in [1.29, 1.82) is 0 Å². The number of hydrogen-bond acceptors (Lipinski definition) is 7. The minimum atomic E-state index is -1.20. The van der Waals surface area contributed by atoms with Crippen molar-refractivity contribution in [2.45, 2.75) is 56.3 Å². The third kappa shape index (κ3) is 6.49. The number of hydrogen-bond donors (Lipinski definition) is 7. The number of carbonyl (C=O) groups is 4. The molecule has 4 heterocycles. The molecule has 14 heteroatoms. The first kappa shape index (κ1) is 28.5. The monoisotopic (exact) mass is 575 g/mol. The fourth-order valence-corrected chi connectivity index (χ4v) is 5.31. The molecule has 0 bridgehead atoms. The van der Waals surface area contributed by atoms with E-state index in [1.165, 1.54) is 17.6 Å². The summed E-state index contributed by atoms with van der Waals surface area (Å²) in [5.74, 6) is -2.74. The molecule has 8 N–H and O–H groups in total. The van der Waals surface area contributed by atoms with E-state index >= 15 is 0 Å². The second kappa shape index (κ2) is 12.7. The molecule has 14 nitrogen and oxygen atoms in total. The van der Waals surface area contributed by atoms with Crippen molar-refractivity contribution >= 4 is 34.6 Å². The molecule has 0 radical (unpaired) electrons. The van der Waals surface area contributed by atoms with Gasteiger partial charge in [0.05, 0.1) is 18.7 Å². The largest absolute Gasteiger partial charge is 0.480 e. The number of nitrogens with zero attached hydrogens (tertiary/aromatic N) is 3. The number of aromatic amines is 3. The zero-order valence-corrected chi connectivity index (χ0v) is 22.7. The van der Waals surface area contributed by atoms with Gasteiger partial charge < -0.3 is 41.3 Å². The highest BCUT2D eigenvalue weighted by molar-refractivity contribution is 5.95. The predicted molar refractivity (Wildman–Crippen MR) is 151 cm³/mol. The summed E-state index contributed by atoms with van der Waals surface area (Å²) < 4.78 is 0. The van der Waals surface area contributed by atoms with Gasteiger partial charge in [0.15, 0.2) is 0 Å². The van der Waals surface area contributed by atoms with Crippen LogP contribution in [0.15, 0.2) is 55.5 Å². The minimum Gasteiger partial charge on any atom is -0.480 e. The molecule has 0 spiro atoms. The first-order chi connectivity index (χ1) is 20.3. The molecule has 0 saturated carbocycles. The van der Waals surface area contributed by atoms with Crippen molar-refractivity contribution in [1.82, 2.24) is 40.5 Å². The Bertz CT molecular complexity index is 1530. The Balaban J connectivity index is 1.28. The van der Waals surface area contributed by atoms with Gasteiger partial charge in [0.2, 0.25) is 17.7 Å². The molecule has 3 aromatic heterocycles. The van der Waals surface area contributed by atoms with Crippen LogP contribution in [0.3, 0.4) is 0 Å². The maximum atomic E-state index is 13.8. The van der Waals surface area contributed by atoms with E-state index in [0.717, 1.165) is 16.5 Å². The average Bonchev–Trinajstić information content (AvgIpc) is 3.80. The number of H-pyrrole nitrogens is 3. The quantitative estimate of drug-likeness (QED) is 0.122. The highest BCUT2D eigenvalue weighted by Gasteiger charge is 2.39. The standard InChI is InChI=1S/C28H33N9O5/c29-20(9-17-12-30-14-33-17)25(38)35-22(10-18-13-31-15-34-18)27(40)37-7-3-6-24(37)26(39)36-23(28(41)42)8-16-11-32-21-5-2-1-4-19(16)21/h1-2,4-5,11-15,20,22-24,32H,3,6-10,29H2,(H,30,33)(H,31,34)(H,35,38)(H,36,39)(H,41,42). The second-order valence-electron chi connectivity index (χ2n) is 10.4. The Labute approximate surface area is 240 Å². The van der Waals surface area contributed by atoms with Crippen LogP contribution in [-0.4, -0.2) is 89.3 Å². The number of benzene rings is 1. The maximum Gasteiger partial charge on any atom is 0.326 e. The third-order valence-electron chi connectivity index (χ3n) is 7.48. The number of carboxylic acid groups (broad SMARTS) is 1. The molecule has 3 amide bonds. The normalized spacial score (nSPS) is 17.1. The number of likely N-dealkylation sites (tertiary alicyclic amines) is 1. The lowest BCUT2D eigenvalue weighted by Crippen LogP contribution is -2.57. The number of rotatable bonds is 12. The van der Waals surface area contributed by atoms with E-state index < -0.39 is 47.9 Å². The van der Waals surface area contributed by atoms with E-state index in [0.29, 0.717) is 24.2 Å². The molecule has 42 heavy (non-hydrogen) atoms. The molecule has 220 valence electrons. The number of nitrogens with two attached hydrogens (primary N) is 1. The molecule has 4 aromatic rings. The Morgan fingerprint density at radius 1 is 0.976 bits per heavy atom. The fourth-order valence-electron chi connectivity index (χ4n) is 5.31. The third-order valence-corrected chi connectivity index (χ3v) is 7.48. The van der Waals surface area contributed by atoms with Crippen molar-refractivity contribution in [3.05, 3.63) is 72.5 Å². The summed E-state index contributed by atoms with van der Waals surface area (Å²) in [5, 5.41) is 16.2. The van der Waals surface area contributed by atoms with Gasteiger partial charge in [-0.2, -0.15) is 0 Å². The van der Waals surface area contributed by atoms with Gasteiger partial charge in [0, 0.05) is 66.7 Å². The number of nitrogens with one attached hydrogen (secondary N) is 5. The molecular formula is C28H33N9O5. The first-order valence-electron chi connectivity index (χ1n) is 13.7. The van der Waals surface area contributed by atoms with Gasteiger partial charge in [-0.05, 0) is 24.5 Å². The predicted octanol–water partition coefficient (Wildman–Crippen LogP) is 0.0145. The molecule has 1 saturated heterocycles. The van der Waals surface area contributed by atoms with Crippen LogP contribution in [0, 0.1) is 0 Å². The Hall–Kier alpha value is -4.98. The lowest BCUT2D eigenvalue weighted by Gasteiger charge is -2.30. The lowest BCUT2D eigenvalue weighted by atomic mass is 10.0. The highest BCUT2D eigenvalue weighted by atomic mass is 16.4. The van der Waals surface area contributed by atoms with E-state index in [1.54, 1.807) is 18.6 Å². The zero-order valence-electron chi connectivity index (χ0n) is 22.7. The molecule has 1 fully saturated rings. The van der Waals surface area contributed by atoms with Crippen LogP contribution < -0.4 is 16.4 Å². The van der Waals surface area contributed by atoms with Crippen LogP contribution in [0.4, 0.5) is 0 Å². The number of carbonyl (C=O) groups excluding carboxylic acids is 3. The lowest BCUT2D eigenvalue weighted by molar-refractivity contribution is -0.144. The maximum absolute atomic E-state index is 13.8.